The lowest BCUT2D eigenvalue weighted by atomic mass is 9.87. The molecule has 8 heteroatoms. The zero-order chi connectivity index (χ0) is 24.3. The number of ether oxygens (including phenoxy) is 7. The van der Waals surface area contributed by atoms with Crippen LogP contribution in [0.15, 0.2) is 24.3 Å². The van der Waals surface area contributed by atoms with Crippen molar-refractivity contribution in [3.05, 3.63) is 29.8 Å². The molecule has 8 nitrogen and oxygen atoms in total. The SMILES string of the molecule is O=C1C[C@@H]2[C@@H](CCCC3OCc4ccccc4O3)[C@H](OC3OCCC[C@@H]3OC3CCCCO3)C[C@@H]2O1. The van der Waals surface area contributed by atoms with Crippen LogP contribution >= 0.6 is 0 Å². The van der Waals surface area contributed by atoms with E-state index in [4.69, 9.17) is 33.2 Å². The maximum Gasteiger partial charge on any atom is 0.306 e. The zero-order valence-corrected chi connectivity index (χ0v) is 20.9. The molecule has 0 bridgehead atoms. The van der Waals surface area contributed by atoms with Crippen LogP contribution in [0.3, 0.4) is 0 Å². The van der Waals surface area contributed by atoms with E-state index in [1.165, 1.54) is 0 Å². The average Bonchev–Trinajstić information content (AvgIpc) is 3.41. The molecule has 6 rings (SSSR count). The number of carbonyl (C=O) groups excluding carboxylic acids is 1. The molecule has 36 heavy (non-hydrogen) atoms. The van der Waals surface area contributed by atoms with Crippen molar-refractivity contribution in [3.8, 4) is 5.75 Å². The van der Waals surface area contributed by atoms with E-state index in [0.717, 1.165) is 75.7 Å². The van der Waals surface area contributed by atoms with Gasteiger partial charge in [0.1, 0.15) is 18.0 Å². The van der Waals surface area contributed by atoms with Gasteiger partial charge in [-0.15, -0.1) is 0 Å². The first kappa shape index (κ1) is 24.6. The number of fused-ring (bicyclic) bond motifs is 2. The predicted molar refractivity (Wildman–Crippen MR) is 128 cm³/mol. The summed E-state index contributed by atoms with van der Waals surface area (Å²) in [6, 6.07) is 8.03. The van der Waals surface area contributed by atoms with Crippen LogP contribution in [0.1, 0.15) is 69.8 Å². The minimum atomic E-state index is -0.409. The van der Waals surface area contributed by atoms with Crippen LogP contribution in [0.5, 0.6) is 5.75 Å². The third-order valence-corrected chi connectivity index (χ3v) is 8.28. The van der Waals surface area contributed by atoms with Crippen LogP contribution in [-0.2, 0) is 39.8 Å². The maximum atomic E-state index is 12.0. The van der Waals surface area contributed by atoms with Crippen LogP contribution in [0.25, 0.3) is 0 Å². The Labute approximate surface area is 212 Å². The van der Waals surface area contributed by atoms with Gasteiger partial charge in [0.2, 0.25) is 0 Å². The molecule has 0 radical (unpaired) electrons. The molecule has 4 fully saturated rings. The monoisotopic (exact) mass is 502 g/mol. The fourth-order valence-corrected chi connectivity index (χ4v) is 6.45. The Morgan fingerprint density at radius 3 is 2.72 bits per heavy atom. The summed E-state index contributed by atoms with van der Waals surface area (Å²) in [5.74, 6) is 1.25. The number of carbonyl (C=O) groups is 1. The zero-order valence-electron chi connectivity index (χ0n) is 20.9. The molecular weight excluding hydrogens is 464 g/mol. The third-order valence-electron chi connectivity index (χ3n) is 8.28. The van der Waals surface area contributed by atoms with Gasteiger partial charge in [0.05, 0.1) is 19.1 Å². The Hall–Kier alpha value is -1.71. The summed E-state index contributed by atoms with van der Waals surface area (Å²) in [6.45, 7) is 2.00. The molecule has 5 aliphatic rings. The number of rotatable bonds is 8. The summed E-state index contributed by atoms with van der Waals surface area (Å²) in [6.07, 6.45) is 7.81. The Morgan fingerprint density at radius 2 is 1.81 bits per heavy atom. The minimum absolute atomic E-state index is 0.0245. The van der Waals surface area contributed by atoms with E-state index in [0.29, 0.717) is 19.6 Å². The number of hydrogen-bond donors (Lipinski definition) is 0. The lowest BCUT2D eigenvalue weighted by molar-refractivity contribution is -0.289. The molecule has 3 unspecified atom stereocenters. The summed E-state index contributed by atoms with van der Waals surface area (Å²) in [5.41, 5.74) is 1.09. The summed E-state index contributed by atoms with van der Waals surface area (Å²) >= 11 is 0. The van der Waals surface area contributed by atoms with E-state index >= 15 is 0 Å². The van der Waals surface area contributed by atoms with Crippen LogP contribution < -0.4 is 4.74 Å². The van der Waals surface area contributed by atoms with Crippen molar-refractivity contribution < 1.29 is 38.0 Å². The van der Waals surface area contributed by atoms with Gasteiger partial charge in [0, 0.05) is 37.5 Å². The topological polar surface area (TPSA) is 81.7 Å². The minimum Gasteiger partial charge on any atom is -0.465 e. The lowest BCUT2D eigenvalue weighted by Crippen LogP contribution is -2.44. The van der Waals surface area contributed by atoms with Crippen LogP contribution in [0.2, 0.25) is 0 Å². The fourth-order valence-electron chi connectivity index (χ4n) is 6.45. The summed E-state index contributed by atoms with van der Waals surface area (Å²) in [4.78, 5) is 12.0. The number of para-hydroxylation sites is 1. The van der Waals surface area contributed by atoms with Crippen molar-refractivity contribution in [2.75, 3.05) is 13.2 Å². The number of benzene rings is 1. The van der Waals surface area contributed by atoms with Crippen LogP contribution in [-0.4, -0.2) is 56.4 Å². The second-order valence-electron chi connectivity index (χ2n) is 10.7. The summed E-state index contributed by atoms with van der Waals surface area (Å²) < 4.78 is 42.4. The molecule has 1 aromatic carbocycles. The van der Waals surface area contributed by atoms with Gasteiger partial charge in [-0.05, 0) is 56.9 Å². The van der Waals surface area contributed by atoms with E-state index in [1.807, 2.05) is 24.3 Å². The Kier molecular flexibility index (Phi) is 7.76. The second kappa shape index (κ2) is 11.4. The predicted octanol–water partition coefficient (Wildman–Crippen LogP) is 4.48. The smallest absolute Gasteiger partial charge is 0.306 e. The average molecular weight is 503 g/mol. The second-order valence-corrected chi connectivity index (χ2v) is 10.7. The highest BCUT2D eigenvalue weighted by atomic mass is 16.7. The molecule has 8 atom stereocenters. The van der Waals surface area contributed by atoms with Crippen molar-refractivity contribution in [1.29, 1.82) is 0 Å². The molecule has 4 aliphatic heterocycles. The molecule has 0 N–H and O–H groups in total. The lowest BCUT2D eigenvalue weighted by Gasteiger charge is -2.37. The van der Waals surface area contributed by atoms with Gasteiger partial charge in [-0.1, -0.05) is 18.2 Å². The van der Waals surface area contributed by atoms with E-state index in [1.54, 1.807) is 0 Å². The molecule has 0 aromatic heterocycles. The molecule has 4 heterocycles. The molecule has 198 valence electrons. The first-order valence-electron chi connectivity index (χ1n) is 13.8. The quantitative estimate of drug-likeness (QED) is 0.482. The van der Waals surface area contributed by atoms with E-state index in [-0.39, 0.29) is 48.7 Å². The maximum absolute atomic E-state index is 12.0. The van der Waals surface area contributed by atoms with Gasteiger partial charge < -0.3 is 33.2 Å². The Bertz CT molecular complexity index is 886. The number of hydrogen-bond acceptors (Lipinski definition) is 8. The largest absolute Gasteiger partial charge is 0.465 e. The van der Waals surface area contributed by atoms with Gasteiger partial charge in [0.15, 0.2) is 18.9 Å². The third kappa shape index (κ3) is 5.58. The van der Waals surface area contributed by atoms with Gasteiger partial charge in [-0.3, -0.25) is 4.79 Å². The van der Waals surface area contributed by atoms with E-state index in [9.17, 15) is 4.79 Å². The highest BCUT2D eigenvalue weighted by molar-refractivity contribution is 5.72. The molecule has 1 aromatic rings. The van der Waals surface area contributed by atoms with E-state index in [2.05, 4.69) is 0 Å². The van der Waals surface area contributed by atoms with Crippen molar-refractivity contribution >= 4 is 5.97 Å². The van der Waals surface area contributed by atoms with Crippen molar-refractivity contribution in [2.45, 2.75) is 108 Å². The van der Waals surface area contributed by atoms with Gasteiger partial charge in [-0.25, -0.2) is 0 Å². The summed E-state index contributed by atoms with van der Waals surface area (Å²) in [7, 11) is 0. The first-order chi connectivity index (χ1) is 17.7. The molecule has 1 aliphatic carbocycles. The van der Waals surface area contributed by atoms with Crippen molar-refractivity contribution in [2.24, 2.45) is 11.8 Å². The van der Waals surface area contributed by atoms with Gasteiger partial charge in [0.25, 0.3) is 0 Å². The molecular formula is C28H38O8. The highest BCUT2D eigenvalue weighted by Gasteiger charge is 2.51. The standard InChI is InChI=1S/C28H38O8/c29-25-15-20-19(8-5-12-27-32-17-18-7-1-2-9-21(18)34-27)23(16-24(20)33-25)36-28-22(10-6-14-31-28)35-26-11-3-4-13-30-26/h1-2,7,9,19-20,22-24,26-28H,3-6,8,10-17H2/t19-,20-,22+,23-,24+,26?,27?,28?/m1/s1. The summed E-state index contributed by atoms with van der Waals surface area (Å²) in [5, 5.41) is 0. The molecule has 3 saturated heterocycles. The first-order valence-corrected chi connectivity index (χ1v) is 13.8. The van der Waals surface area contributed by atoms with Crippen molar-refractivity contribution in [3.63, 3.8) is 0 Å². The molecule has 0 spiro atoms. The Balaban J connectivity index is 1.06. The van der Waals surface area contributed by atoms with Gasteiger partial charge in [-0.2, -0.15) is 0 Å². The normalized spacial score (nSPS) is 38.2. The highest BCUT2D eigenvalue weighted by Crippen LogP contribution is 2.46. The number of esters is 1. The fraction of sp³-hybridized carbons (Fsp3) is 0.750. The molecule has 1 saturated carbocycles. The van der Waals surface area contributed by atoms with Crippen LogP contribution in [0.4, 0.5) is 0 Å². The van der Waals surface area contributed by atoms with Crippen LogP contribution in [0, 0.1) is 11.8 Å². The Morgan fingerprint density at radius 1 is 0.889 bits per heavy atom. The molecule has 0 amide bonds. The van der Waals surface area contributed by atoms with Crippen molar-refractivity contribution in [1.82, 2.24) is 0 Å². The van der Waals surface area contributed by atoms with E-state index < -0.39 is 6.29 Å². The van der Waals surface area contributed by atoms with Gasteiger partial charge >= 0.3 is 5.97 Å².